The lowest BCUT2D eigenvalue weighted by molar-refractivity contribution is -0.119. The first-order valence-corrected chi connectivity index (χ1v) is 8.14. The number of H-pyrrole nitrogens is 1. The molecule has 126 valence electrons. The maximum atomic E-state index is 12.1. The zero-order valence-corrected chi connectivity index (χ0v) is 15.8. The van der Waals surface area contributed by atoms with E-state index in [0.717, 1.165) is 27.7 Å². The highest BCUT2D eigenvalue weighted by atomic mass is 79.9. The van der Waals surface area contributed by atoms with Crippen molar-refractivity contribution in [2.45, 2.75) is 20.3 Å². The van der Waals surface area contributed by atoms with E-state index in [4.69, 9.17) is 0 Å². The smallest absolute Gasteiger partial charge is 0.229 e. The minimum atomic E-state index is -0.109. The van der Waals surface area contributed by atoms with E-state index in [1.165, 1.54) is 0 Å². The molecule has 0 aliphatic heterocycles. The molecule has 0 radical (unpaired) electrons. The predicted octanol–water partition coefficient (Wildman–Crippen LogP) is 3.62. The average molecular weight is 402 g/mol. The van der Waals surface area contributed by atoms with E-state index in [9.17, 15) is 4.79 Å². The molecule has 7 heteroatoms. The van der Waals surface area contributed by atoms with Gasteiger partial charge < -0.3 is 10.6 Å². The number of halogens is 2. The number of amides is 1. The molecule has 0 fully saturated rings. The van der Waals surface area contributed by atoms with E-state index in [1.807, 2.05) is 38.2 Å². The van der Waals surface area contributed by atoms with Crippen LogP contribution in [0.5, 0.6) is 0 Å². The number of anilines is 1. The lowest BCUT2D eigenvalue weighted by Gasteiger charge is -2.11. The molecular formula is C16H22BrClN4O. The quantitative estimate of drug-likeness (QED) is 0.692. The van der Waals surface area contributed by atoms with Crippen molar-refractivity contribution < 1.29 is 4.79 Å². The van der Waals surface area contributed by atoms with Gasteiger partial charge in [-0.05, 0) is 31.2 Å². The second-order valence-corrected chi connectivity index (χ2v) is 6.15. The van der Waals surface area contributed by atoms with Crippen LogP contribution < -0.4 is 10.6 Å². The number of carbonyl (C=O) groups is 1. The summed E-state index contributed by atoms with van der Waals surface area (Å²) in [6.07, 6.45) is 0.790. The molecule has 0 aliphatic rings. The van der Waals surface area contributed by atoms with Crippen LogP contribution in [0, 0.1) is 5.92 Å². The Kier molecular flexibility index (Phi) is 7.75. The molecule has 0 saturated carbocycles. The van der Waals surface area contributed by atoms with Crippen LogP contribution in [0.2, 0.25) is 0 Å². The number of hydrogen-bond donors (Lipinski definition) is 3. The molecule has 1 heterocycles. The fraction of sp³-hybridized carbons (Fsp3) is 0.375. The van der Waals surface area contributed by atoms with Gasteiger partial charge in [-0.2, -0.15) is 5.10 Å². The topological polar surface area (TPSA) is 69.8 Å². The molecule has 2 aromatic rings. The Morgan fingerprint density at radius 1 is 1.35 bits per heavy atom. The second-order valence-electron chi connectivity index (χ2n) is 5.23. The fourth-order valence-electron chi connectivity index (χ4n) is 2.31. The van der Waals surface area contributed by atoms with Gasteiger partial charge in [-0.25, -0.2) is 0 Å². The molecule has 1 amide bonds. The van der Waals surface area contributed by atoms with Gasteiger partial charge in [0.2, 0.25) is 5.91 Å². The minimum Gasteiger partial charge on any atom is -0.319 e. The molecular weight excluding hydrogens is 380 g/mol. The van der Waals surface area contributed by atoms with Crippen molar-refractivity contribution >= 4 is 40.1 Å². The molecule has 0 spiro atoms. The van der Waals surface area contributed by atoms with Crippen molar-refractivity contribution in [1.29, 1.82) is 0 Å². The number of aromatic nitrogens is 2. The highest BCUT2D eigenvalue weighted by Gasteiger charge is 2.18. The first-order valence-electron chi connectivity index (χ1n) is 7.35. The number of carbonyl (C=O) groups excluding carboxylic acids is 1. The SMILES string of the molecule is CCc1c(NC(=O)C(C)CNC)n[nH]c1-c1ccc(Br)cc1.Cl. The zero-order chi connectivity index (χ0) is 16.1. The largest absolute Gasteiger partial charge is 0.319 e. The highest BCUT2D eigenvalue weighted by Crippen LogP contribution is 2.28. The number of benzene rings is 1. The maximum Gasteiger partial charge on any atom is 0.229 e. The number of aromatic amines is 1. The summed E-state index contributed by atoms with van der Waals surface area (Å²) in [6, 6.07) is 8.02. The van der Waals surface area contributed by atoms with Crippen LogP contribution in [0.15, 0.2) is 28.7 Å². The second kappa shape index (κ2) is 9.05. The Morgan fingerprint density at radius 3 is 2.57 bits per heavy atom. The molecule has 0 saturated heterocycles. The maximum absolute atomic E-state index is 12.1. The van der Waals surface area contributed by atoms with E-state index in [2.05, 4.69) is 43.7 Å². The number of nitrogens with zero attached hydrogens (tertiary/aromatic N) is 1. The third-order valence-corrected chi connectivity index (χ3v) is 4.08. The van der Waals surface area contributed by atoms with Gasteiger partial charge in [-0.3, -0.25) is 9.89 Å². The summed E-state index contributed by atoms with van der Waals surface area (Å²) in [5.41, 5.74) is 3.02. The van der Waals surface area contributed by atoms with Gasteiger partial charge in [0.15, 0.2) is 5.82 Å². The Balaban J connectivity index is 0.00000264. The molecule has 1 atom stereocenters. The Hall–Kier alpha value is -1.37. The monoisotopic (exact) mass is 400 g/mol. The van der Waals surface area contributed by atoms with Gasteiger partial charge in [0.1, 0.15) is 0 Å². The summed E-state index contributed by atoms with van der Waals surface area (Å²) >= 11 is 3.43. The van der Waals surface area contributed by atoms with Gasteiger partial charge in [0, 0.05) is 22.5 Å². The molecule has 1 aromatic heterocycles. The first kappa shape index (κ1) is 19.7. The number of nitrogens with one attached hydrogen (secondary N) is 3. The van der Waals surface area contributed by atoms with E-state index in [1.54, 1.807) is 0 Å². The third-order valence-electron chi connectivity index (χ3n) is 3.55. The van der Waals surface area contributed by atoms with Gasteiger partial charge >= 0.3 is 0 Å². The molecule has 3 N–H and O–H groups in total. The van der Waals surface area contributed by atoms with Crippen molar-refractivity contribution in [2.24, 2.45) is 5.92 Å². The van der Waals surface area contributed by atoms with Crippen molar-refractivity contribution in [3.05, 3.63) is 34.3 Å². The van der Waals surface area contributed by atoms with Crippen LogP contribution in [0.1, 0.15) is 19.4 Å². The molecule has 5 nitrogen and oxygen atoms in total. The van der Waals surface area contributed by atoms with Crippen molar-refractivity contribution in [2.75, 3.05) is 18.9 Å². The summed E-state index contributed by atoms with van der Waals surface area (Å²) in [7, 11) is 1.83. The molecule has 0 aliphatic carbocycles. The van der Waals surface area contributed by atoms with Gasteiger partial charge in [0.05, 0.1) is 5.69 Å². The Labute approximate surface area is 151 Å². The number of hydrogen-bond acceptors (Lipinski definition) is 3. The van der Waals surface area contributed by atoms with Crippen LogP contribution >= 0.6 is 28.3 Å². The molecule has 0 bridgehead atoms. The van der Waals surface area contributed by atoms with E-state index >= 15 is 0 Å². The van der Waals surface area contributed by atoms with E-state index < -0.39 is 0 Å². The Morgan fingerprint density at radius 2 is 2.00 bits per heavy atom. The van der Waals surface area contributed by atoms with Gasteiger partial charge in [-0.1, -0.05) is 41.9 Å². The molecule has 1 aromatic carbocycles. The van der Waals surface area contributed by atoms with Crippen molar-refractivity contribution in [3.8, 4) is 11.3 Å². The van der Waals surface area contributed by atoms with Crippen molar-refractivity contribution in [3.63, 3.8) is 0 Å². The fourth-order valence-corrected chi connectivity index (χ4v) is 2.57. The normalized spacial score (nSPS) is 11.7. The van der Waals surface area contributed by atoms with E-state index in [0.29, 0.717) is 12.4 Å². The lowest BCUT2D eigenvalue weighted by atomic mass is 10.1. The Bertz CT molecular complexity index is 642. The predicted molar refractivity (Wildman–Crippen MR) is 100 cm³/mol. The molecule has 2 rings (SSSR count). The third kappa shape index (κ3) is 4.80. The summed E-state index contributed by atoms with van der Waals surface area (Å²) in [5.74, 6) is 0.480. The van der Waals surface area contributed by atoms with Crippen LogP contribution in [0.3, 0.4) is 0 Å². The van der Waals surface area contributed by atoms with Crippen LogP contribution in [-0.4, -0.2) is 29.7 Å². The van der Waals surface area contributed by atoms with Crippen LogP contribution in [0.25, 0.3) is 11.3 Å². The van der Waals surface area contributed by atoms with Gasteiger partial charge in [0.25, 0.3) is 0 Å². The lowest BCUT2D eigenvalue weighted by Crippen LogP contribution is -2.29. The summed E-state index contributed by atoms with van der Waals surface area (Å²) in [6.45, 7) is 4.58. The highest BCUT2D eigenvalue weighted by molar-refractivity contribution is 9.10. The zero-order valence-electron chi connectivity index (χ0n) is 13.4. The van der Waals surface area contributed by atoms with E-state index in [-0.39, 0.29) is 24.2 Å². The minimum absolute atomic E-state index is 0. The number of rotatable bonds is 6. The summed E-state index contributed by atoms with van der Waals surface area (Å²) in [4.78, 5) is 12.1. The van der Waals surface area contributed by atoms with Crippen LogP contribution in [0.4, 0.5) is 5.82 Å². The summed E-state index contributed by atoms with van der Waals surface area (Å²) in [5, 5.41) is 13.2. The average Bonchev–Trinajstić information content (AvgIpc) is 2.90. The van der Waals surface area contributed by atoms with Gasteiger partial charge in [-0.15, -0.1) is 12.4 Å². The first-order chi connectivity index (χ1) is 10.6. The van der Waals surface area contributed by atoms with Crippen molar-refractivity contribution in [1.82, 2.24) is 15.5 Å². The molecule has 1 unspecified atom stereocenters. The molecule has 23 heavy (non-hydrogen) atoms. The standard InChI is InChI=1S/C16H21BrN4O.ClH/c1-4-13-14(11-5-7-12(17)8-6-11)20-21-15(13)19-16(22)10(2)9-18-3;/h5-8,10,18H,4,9H2,1-3H3,(H2,19,20,21,22);1H. The van der Waals surface area contributed by atoms with Crippen LogP contribution in [-0.2, 0) is 11.2 Å². The summed E-state index contributed by atoms with van der Waals surface area (Å²) < 4.78 is 1.03.